The first kappa shape index (κ1) is 24.7. The Balaban J connectivity index is 1.66. The summed E-state index contributed by atoms with van der Waals surface area (Å²) in [5.74, 6) is 0.237. The Hall–Kier alpha value is -0.953. The van der Waals surface area contributed by atoms with Crippen molar-refractivity contribution < 1.29 is 24.2 Å². The van der Waals surface area contributed by atoms with E-state index < -0.39 is 20.5 Å². The van der Waals surface area contributed by atoms with Crippen molar-refractivity contribution in [1.29, 1.82) is 0 Å². The summed E-state index contributed by atoms with van der Waals surface area (Å²) in [5, 5.41) is 21.4. The number of fused-ring (bicyclic) bond motifs is 1. The minimum absolute atomic E-state index is 0.0486. The summed E-state index contributed by atoms with van der Waals surface area (Å²) in [4.78, 5) is 12.3. The standard InChI is InChI=1S/C25H42O5Si/c1-15-8-9-17-12-16(2)23(27)24(28)22(17)20(15)11-10-18-13-19(14-21(26)29-18)30-31(6,7)25(3,4)5/h8-9,12,15-16,18-20,22-24,27-28H,10-11,13-14H2,1-7H3/t15-,16-,18+,19+,20-,22-,23-,24+/m0/s1. The molecule has 0 bridgehead atoms. The molecule has 2 aliphatic carbocycles. The van der Waals surface area contributed by atoms with Crippen LogP contribution < -0.4 is 0 Å². The molecule has 31 heavy (non-hydrogen) atoms. The van der Waals surface area contributed by atoms with Crippen molar-refractivity contribution >= 4 is 14.3 Å². The van der Waals surface area contributed by atoms with Gasteiger partial charge in [0.05, 0.1) is 24.7 Å². The van der Waals surface area contributed by atoms with Gasteiger partial charge in [0.25, 0.3) is 0 Å². The summed E-state index contributed by atoms with van der Waals surface area (Å²) in [6.07, 6.45) is 7.39. The zero-order valence-corrected chi connectivity index (χ0v) is 21.3. The van der Waals surface area contributed by atoms with Gasteiger partial charge in [0, 0.05) is 18.3 Å². The fourth-order valence-corrected chi connectivity index (χ4v) is 6.53. The Morgan fingerprint density at radius 3 is 2.45 bits per heavy atom. The van der Waals surface area contributed by atoms with E-state index in [1.165, 1.54) is 0 Å². The highest BCUT2D eigenvalue weighted by Crippen LogP contribution is 2.44. The molecule has 1 fully saturated rings. The molecule has 176 valence electrons. The van der Waals surface area contributed by atoms with Crippen molar-refractivity contribution in [2.45, 2.75) is 103 Å². The van der Waals surface area contributed by atoms with Gasteiger partial charge >= 0.3 is 5.97 Å². The van der Waals surface area contributed by atoms with Crippen LogP contribution in [0.1, 0.15) is 60.3 Å². The number of carbonyl (C=O) groups is 1. The monoisotopic (exact) mass is 450 g/mol. The van der Waals surface area contributed by atoms with Gasteiger partial charge in [-0.15, -0.1) is 0 Å². The molecule has 6 heteroatoms. The summed E-state index contributed by atoms with van der Waals surface area (Å²) in [6.45, 7) is 15.2. The minimum atomic E-state index is -1.95. The molecule has 0 radical (unpaired) electrons. The number of esters is 1. The Morgan fingerprint density at radius 1 is 1.13 bits per heavy atom. The van der Waals surface area contributed by atoms with Crippen molar-refractivity contribution in [1.82, 2.24) is 0 Å². The van der Waals surface area contributed by atoms with E-state index in [1.807, 2.05) is 6.92 Å². The maximum atomic E-state index is 12.3. The van der Waals surface area contributed by atoms with Crippen LogP contribution in [0.25, 0.3) is 0 Å². The molecule has 1 heterocycles. The van der Waals surface area contributed by atoms with Crippen LogP contribution in [0.3, 0.4) is 0 Å². The maximum Gasteiger partial charge on any atom is 0.308 e. The van der Waals surface area contributed by atoms with E-state index in [0.29, 0.717) is 12.3 Å². The van der Waals surface area contributed by atoms with Crippen molar-refractivity contribution in [2.75, 3.05) is 0 Å². The normalized spacial score (nSPS) is 39.0. The SMILES string of the molecule is C[C@H]1C=C2C=C[C@H](C)[C@H](CC[C@@H]3C[C@@H](O[Si](C)(C)C(C)(C)C)CC(=O)O3)[C@H]2[C@@H](O)[C@H]1O. The summed E-state index contributed by atoms with van der Waals surface area (Å²) in [6, 6.07) is 0. The average Bonchev–Trinajstić information content (AvgIpc) is 2.64. The molecule has 0 aromatic heterocycles. The molecule has 5 nitrogen and oxygen atoms in total. The summed E-state index contributed by atoms with van der Waals surface area (Å²) in [7, 11) is -1.95. The molecular formula is C25H42O5Si. The lowest BCUT2D eigenvalue weighted by Gasteiger charge is -2.44. The first-order valence-electron chi connectivity index (χ1n) is 11.9. The minimum Gasteiger partial charge on any atom is -0.462 e. The van der Waals surface area contributed by atoms with E-state index in [1.54, 1.807) is 0 Å². The van der Waals surface area contributed by atoms with E-state index in [-0.39, 0.29) is 41.0 Å². The number of rotatable bonds is 5. The third-order valence-corrected chi connectivity index (χ3v) is 12.7. The lowest BCUT2D eigenvalue weighted by Crippen LogP contribution is -2.48. The quantitative estimate of drug-likeness (QED) is 0.473. The largest absolute Gasteiger partial charge is 0.462 e. The van der Waals surface area contributed by atoms with Crippen LogP contribution in [0.15, 0.2) is 23.8 Å². The smallest absolute Gasteiger partial charge is 0.308 e. The molecule has 8 atom stereocenters. The number of hydrogen-bond acceptors (Lipinski definition) is 5. The third-order valence-electron chi connectivity index (χ3n) is 8.13. The Kier molecular flexibility index (Phi) is 7.26. The second kappa shape index (κ2) is 9.12. The molecule has 2 N–H and O–H groups in total. The zero-order chi connectivity index (χ0) is 23.1. The Labute approximate surface area is 189 Å². The second-order valence-electron chi connectivity index (χ2n) is 11.5. The second-order valence-corrected chi connectivity index (χ2v) is 16.3. The van der Waals surface area contributed by atoms with Crippen LogP contribution in [0.4, 0.5) is 0 Å². The molecule has 0 aromatic carbocycles. The van der Waals surface area contributed by atoms with E-state index in [9.17, 15) is 15.0 Å². The van der Waals surface area contributed by atoms with Gasteiger partial charge in [0.1, 0.15) is 6.10 Å². The molecule has 1 aliphatic heterocycles. The van der Waals surface area contributed by atoms with Crippen LogP contribution in [-0.4, -0.2) is 48.9 Å². The van der Waals surface area contributed by atoms with Crippen molar-refractivity contribution in [2.24, 2.45) is 23.7 Å². The lowest BCUT2D eigenvalue weighted by atomic mass is 9.64. The summed E-state index contributed by atoms with van der Waals surface area (Å²) < 4.78 is 12.2. The van der Waals surface area contributed by atoms with Crippen molar-refractivity contribution in [3.63, 3.8) is 0 Å². The number of carbonyl (C=O) groups excluding carboxylic acids is 1. The van der Waals surface area contributed by atoms with Crippen molar-refractivity contribution in [3.8, 4) is 0 Å². The molecular weight excluding hydrogens is 408 g/mol. The third kappa shape index (κ3) is 5.35. The molecule has 3 aliphatic rings. The number of aliphatic hydroxyl groups excluding tert-OH is 2. The van der Waals surface area contributed by atoms with Crippen LogP contribution in [0, 0.1) is 23.7 Å². The molecule has 3 rings (SSSR count). The number of ether oxygens (including phenoxy) is 1. The van der Waals surface area contributed by atoms with Gasteiger partial charge in [0.15, 0.2) is 8.32 Å². The zero-order valence-electron chi connectivity index (χ0n) is 20.3. The molecule has 0 unspecified atom stereocenters. The first-order chi connectivity index (χ1) is 14.3. The van der Waals surface area contributed by atoms with Crippen LogP contribution in [-0.2, 0) is 14.0 Å². The van der Waals surface area contributed by atoms with Crippen molar-refractivity contribution in [3.05, 3.63) is 23.8 Å². The Bertz CT molecular complexity index is 722. The average molecular weight is 451 g/mol. The predicted molar refractivity (Wildman–Crippen MR) is 125 cm³/mol. The number of aliphatic hydroxyl groups is 2. The van der Waals surface area contributed by atoms with Gasteiger partial charge in [-0.3, -0.25) is 4.79 Å². The van der Waals surface area contributed by atoms with Gasteiger partial charge in [0.2, 0.25) is 0 Å². The van der Waals surface area contributed by atoms with Gasteiger partial charge in [-0.2, -0.15) is 0 Å². The van der Waals surface area contributed by atoms with Gasteiger partial charge in [-0.05, 0) is 48.4 Å². The lowest BCUT2D eigenvalue weighted by molar-refractivity contribution is -0.160. The first-order valence-corrected chi connectivity index (χ1v) is 14.8. The molecule has 0 aromatic rings. The topological polar surface area (TPSA) is 76.0 Å². The number of allylic oxidation sites excluding steroid dienone is 2. The highest BCUT2D eigenvalue weighted by Gasteiger charge is 2.44. The highest BCUT2D eigenvalue weighted by molar-refractivity contribution is 6.74. The summed E-state index contributed by atoms with van der Waals surface area (Å²) in [5.41, 5.74) is 1.13. The highest BCUT2D eigenvalue weighted by atomic mass is 28.4. The van der Waals surface area contributed by atoms with Crippen LogP contribution in [0.2, 0.25) is 18.1 Å². The fourth-order valence-electron chi connectivity index (χ4n) is 5.16. The fraction of sp³-hybridized carbons (Fsp3) is 0.800. The van der Waals surface area contributed by atoms with Gasteiger partial charge < -0.3 is 19.4 Å². The maximum absolute atomic E-state index is 12.3. The molecule has 1 saturated heterocycles. The van der Waals surface area contributed by atoms with Gasteiger partial charge in [-0.25, -0.2) is 0 Å². The van der Waals surface area contributed by atoms with Crippen LogP contribution >= 0.6 is 0 Å². The van der Waals surface area contributed by atoms with E-state index in [2.05, 4.69) is 59.0 Å². The number of cyclic esters (lactones) is 1. The Morgan fingerprint density at radius 2 is 1.81 bits per heavy atom. The number of hydrogen-bond donors (Lipinski definition) is 2. The van der Waals surface area contributed by atoms with E-state index >= 15 is 0 Å². The molecule has 0 saturated carbocycles. The van der Waals surface area contributed by atoms with E-state index in [0.717, 1.165) is 24.8 Å². The van der Waals surface area contributed by atoms with Gasteiger partial charge in [-0.1, -0.05) is 52.8 Å². The van der Waals surface area contributed by atoms with Crippen LogP contribution in [0.5, 0.6) is 0 Å². The predicted octanol–water partition coefficient (Wildman–Crippen LogP) is 4.60. The summed E-state index contributed by atoms with van der Waals surface area (Å²) >= 11 is 0. The molecule has 0 amide bonds. The van der Waals surface area contributed by atoms with E-state index in [4.69, 9.17) is 9.16 Å². The molecule has 0 spiro atoms.